The van der Waals surface area contributed by atoms with Crippen LogP contribution in [0.1, 0.15) is 45.4 Å². The normalized spacial score (nSPS) is 40.5. The molecule has 3 heteroatoms. The van der Waals surface area contributed by atoms with Crippen molar-refractivity contribution in [1.29, 1.82) is 0 Å². The minimum atomic E-state index is 0.598. The number of piperidine rings is 1. The topological polar surface area (TPSA) is 18.3 Å². The van der Waals surface area contributed by atoms with Gasteiger partial charge in [-0.15, -0.1) is 0 Å². The first-order valence-electron chi connectivity index (χ1n) is 9.62. The molecule has 0 spiro atoms. The second-order valence-corrected chi connectivity index (χ2v) is 8.79. The third-order valence-electron chi connectivity index (χ3n) is 7.22. The molecular weight excluding hydrogens is 270 g/mol. The molecule has 1 N–H and O–H groups in total. The summed E-state index contributed by atoms with van der Waals surface area (Å²) in [5.41, 5.74) is 4.21. The fourth-order valence-corrected chi connectivity index (χ4v) is 5.13. The number of hydrogen-bond acceptors (Lipinski definition) is 3. The summed E-state index contributed by atoms with van der Waals surface area (Å²) in [6.45, 7) is 7.59. The standard InChI is InChI=1S/C19H31N3/c1-13(8-9-21(2)15-4-3-5-15)10-20-18-16-11-22-12-19(22,17(16)18)14-6-7-14/h13-15,18,20H,3-12H2,1-2H3/t13?,18-,19?,22+/m1/s1. The Morgan fingerprint density at radius 3 is 2.82 bits per heavy atom. The summed E-state index contributed by atoms with van der Waals surface area (Å²) in [5.74, 6) is 1.83. The third-order valence-corrected chi connectivity index (χ3v) is 7.22. The number of hydrogen-bond donors (Lipinski definition) is 1. The number of nitrogens with one attached hydrogen (secondary N) is 1. The van der Waals surface area contributed by atoms with E-state index in [1.165, 1.54) is 64.7 Å². The molecule has 122 valence electrons. The van der Waals surface area contributed by atoms with Crippen LogP contribution in [0.2, 0.25) is 0 Å². The van der Waals surface area contributed by atoms with Crippen molar-refractivity contribution in [1.82, 2.24) is 15.1 Å². The third kappa shape index (κ3) is 2.05. The molecule has 5 aliphatic rings. The summed E-state index contributed by atoms with van der Waals surface area (Å²) in [5, 5.41) is 3.88. The van der Waals surface area contributed by atoms with E-state index < -0.39 is 0 Å². The first-order chi connectivity index (χ1) is 10.7. The number of fused-ring (bicyclic) bond motifs is 2. The molecule has 1 saturated heterocycles. The van der Waals surface area contributed by atoms with E-state index in [9.17, 15) is 0 Å². The molecule has 3 aliphatic carbocycles. The number of nitrogens with zero attached hydrogens (tertiary/aromatic N) is 2. The van der Waals surface area contributed by atoms with Crippen LogP contribution in [0.3, 0.4) is 0 Å². The first kappa shape index (κ1) is 14.0. The highest BCUT2D eigenvalue weighted by atomic mass is 15.4. The van der Waals surface area contributed by atoms with Gasteiger partial charge in [-0.2, -0.15) is 0 Å². The van der Waals surface area contributed by atoms with Crippen molar-refractivity contribution in [3.05, 3.63) is 11.1 Å². The van der Waals surface area contributed by atoms with Gasteiger partial charge in [-0.1, -0.05) is 13.3 Å². The zero-order valence-electron chi connectivity index (χ0n) is 14.3. The van der Waals surface area contributed by atoms with Gasteiger partial charge in [0.2, 0.25) is 0 Å². The predicted octanol–water partition coefficient (Wildman–Crippen LogP) is 2.24. The van der Waals surface area contributed by atoms with E-state index in [0.717, 1.165) is 17.9 Å². The zero-order chi connectivity index (χ0) is 14.9. The minimum Gasteiger partial charge on any atom is -0.306 e. The smallest absolute Gasteiger partial charge is 0.0602 e. The average molecular weight is 301 g/mol. The fourth-order valence-electron chi connectivity index (χ4n) is 5.13. The molecule has 2 saturated carbocycles. The molecule has 0 aromatic heterocycles. The van der Waals surface area contributed by atoms with Crippen LogP contribution in [0.4, 0.5) is 0 Å². The van der Waals surface area contributed by atoms with Gasteiger partial charge in [-0.05, 0) is 75.2 Å². The molecule has 2 aliphatic heterocycles. The van der Waals surface area contributed by atoms with Crippen molar-refractivity contribution in [2.24, 2.45) is 11.8 Å². The predicted molar refractivity (Wildman–Crippen MR) is 89.9 cm³/mol. The molecular formula is C19H31N3. The lowest BCUT2D eigenvalue weighted by atomic mass is 9.91. The van der Waals surface area contributed by atoms with Gasteiger partial charge >= 0.3 is 0 Å². The van der Waals surface area contributed by atoms with Crippen LogP contribution in [-0.4, -0.2) is 60.6 Å². The average Bonchev–Trinajstić information content (AvgIpc) is 3.32. The van der Waals surface area contributed by atoms with Crippen molar-refractivity contribution < 1.29 is 0 Å². The lowest BCUT2D eigenvalue weighted by molar-refractivity contribution is 0.151. The van der Waals surface area contributed by atoms with E-state index in [1.54, 1.807) is 5.57 Å². The molecule has 22 heavy (non-hydrogen) atoms. The summed E-state index contributed by atoms with van der Waals surface area (Å²) in [7, 11) is 2.32. The van der Waals surface area contributed by atoms with Crippen molar-refractivity contribution in [3.63, 3.8) is 0 Å². The van der Waals surface area contributed by atoms with Crippen LogP contribution in [0, 0.1) is 11.8 Å². The highest BCUT2D eigenvalue weighted by Crippen LogP contribution is 2.66. The SMILES string of the molecule is CC(CCN(C)C1CCC1)CN[C@@H]1C2=C1C1(C3CC3)C[N@]1C2. The Kier molecular flexibility index (Phi) is 3.06. The summed E-state index contributed by atoms with van der Waals surface area (Å²) in [6.07, 6.45) is 8.64. The molecule has 5 rings (SSSR count). The molecule has 0 aromatic rings. The summed E-state index contributed by atoms with van der Waals surface area (Å²) >= 11 is 0. The van der Waals surface area contributed by atoms with Crippen molar-refractivity contribution in [2.45, 2.75) is 63.1 Å². The largest absolute Gasteiger partial charge is 0.306 e. The second kappa shape index (κ2) is 4.81. The highest BCUT2D eigenvalue weighted by Gasteiger charge is 2.73. The first-order valence-corrected chi connectivity index (χ1v) is 9.62. The van der Waals surface area contributed by atoms with Crippen molar-refractivity contribution >= 4 is 0 Å². The van der Waals surface area contributed by atoms with E-state index in [-0.39, 0.29) is 0 Å². The molecule has 2 heterocycles. The molecule has 0 bridgehead atoms. The maximum absolute atomic E-state index is 3.88. The second-order valence-electron chi connectivity index (χ2n) is 8.79. The van der Waals surface area contributed by atoms with Gasteiger partial charge in [0.25, 0.3) is 0 Å². The molecule has 0 aromatic carbocycles. The van der Waals surface area contributed by atoms with Crippen molar-refractivity contribution in [3.8, 4) is 0 Å². The fraction of sp³-hybridized carbons (Fsp3) is 0.895. The van der Waals surface area contributed by atoms with Crippen LogP contribution in [-0.2, 0) is 0 Å². The lowest BCUT2D eigenvalue weighted by Gasteiger charge is -2.35. The van der Waals surface area contributed by atoms with Gasteiger partial charge in [0.05, 0.1) is 11.6 Å². The lowest BCUT2D eigenvalue weighted by Crippen LogP contribution is -2.39. The molecule has 4 atom stereocenters. The summed E-state index contributed by atoms with van der Waals surface area (Å²) in [4.78, 5) is 5.32. The van der Waals surface area contributed by atoms with E-state index in [2.05, 4.69) is 29.1 Å². The molecule has 3 nitrogen and oxygen atoms in total. The molecule has 3 fully saturated rings. The Morgan fingerprint density at radius 1 is 1.32 bits per heavy atom. The van der Waals surface area contributed by atoms with Crippen LogP contribution in [0.5, 0.6) is 0 Å². The Balaban J connectivity index is 1.05. The van der Waals surface area contributed by atoms with E-state index >= 15 is 0 Å². The van der Waals surface area contributed by atoms with Gasteiger partial charge in [-0.25, -0.2) is 0 Å². The van der Waals surface area contributed by atoms with Crippen LogP contribution < -0.4 is 5.32 Å². The molecule has 0 amide bonds. The van der Waals surface area contributed by atoms with E-state index in [1.807, 2.05) is 5.57 Å². The van der Waals surface area contributed by atoms with Gasteiger partial charge in [0.15, 0.2) is 0 Å². The Bertz CT molecular complexity index is 505. The van der Waals surface area contributed by atoms with E-state index in [0.29, 0.717) is 11.6 Å². The quantitative estimate of drug-likeness (QED) is 0.548. The molecule has 2 unspecified atom stereocenters. The van der Waals surface area contributed by atoms with Crippen molar-refractivity contribution in [2.75, 3.05) is 33.2 Å². The maximum Gasteiger partial charge on any atom is 0.0602 e. The Labute approximate surface area is 135 Å². The molecule has 0 radical (unpaired) electrons. The van der Waals surface area contributed by atoms with Gasteiger partial charge in [0, 0.05) is 19.1 Å². The van der Waals surface area contributed by atoms with E-state index in [4.69, 9.17) is 0 Å². The number of rotatable bonds is 8. The van der Waals surface area contributed by atoms with Crippen LogP contribution in [0.15, 0.2) is 11.1 Å². The zero-order valence-corrected chi connectivity index (χ0v) is 14.3. The van der Waals surface area contributed by atoms with Gasteiger partial charge in [0.1, 0.15) is 0 Å². The minimum absolute atomic E-state index is 0.598. The van der Waals surface area contributed by atoms with Crippen LogP contribution in [0.25, 0.3) is 0 Å². The van der Waals surface area contributed by atoms with Crippen LogP contribution >= 0.6 is 0 Å². The van der Waals surface area contributed by atoms with Gasteiger partial charge < -0.3 is 10.2 Å². The Hall–Kier alpha value is -0.380. The Morgan fingerprint density at radius 2 is 2.14 bits per heavy atom. The summed E-state index contributed by atoms with van der Waals surface area (Å²) < 4.78 is 0. The van der Waals surface area contributed by atoms with Gasteiger partial charge in [-0.3, -0.25) is 4.90 Å². The highest BCUT2D eigenvalue weighted by molar-refractivity contribution is 5.64. The monoisotopic (exact) mass is 301 g/mol. The summed E-state index contributed by atoms with van der Waals surface area (Å²) in [6, 6.07) is 1.61. The maximum atomic E-state index is 3.88.